The van der Waals surface area contributed by atoms with Crippen LogP contribution in [-0.2, 0) is 4.79 Å². The van der Waals surface area contributed by atoms with Crippen molar-refractivity contribution in [2.24, 2.45) is 0 Å². The third kappa shape index (κ3) is 3.67. The first-order valence-electron chi connectivity index (χ1n) is 6.99. The Labute approximate surface area is 110 Å². The molecule has 2 saturated heterocycles. The van der Waals surface area contributed by atoms with E-state index in [9.17, 15) is 4.79 Å². The Balaban J connectivity index is 1.80. The molecule has 2 heterocycles. The van der Waals surface area contributed by atoms with E-state index < -0.39 is 0 Å². The predicted molar refractivity (Wildman–Crippen MR) is 72.6 cm³/mol. The molecule has 2 atom stereocenters. The maximum Gasteiger partial charge on any atom is 0.236 e. The smallest absolute Gasteiger partial charge is 0.236 e. The standard InChI is InChI=1S/C13H26N4O/c1-11-8-16(9-12(2)14-11)10-13(18)17-6-4-15(3)5-7-17/h11-12,14H,4-10H2,1-3H3. The lowest BCUT2D eigenvalue weighted by molar-refractivity contribution is -0.134. The number of hydrogen-bond donors (Lipinski definition) is 1. The van der Waals surface area contributed by atoms with E-state index in [4.69, 9.17) is 0 Å². The molecule has 104 valence electrons. The Bertz CT molecular complexity index is 279. The highest BCUT2D eigenvalue weighted by Gasteiger charge is 2.25. The molecule has 0 aromatic heterocycles. The van der Waals surface area contributed by atoms with Crippen molar-refractivity contribution in [3.63, 3.8) is 0 Å². The Hall–Kier alpha value is -0.650. The molecular weight excluding hydrogens is 228 g/mol. The van der Waals surface area contributed by atoms with Crippen LogP contribution in [0.3, 0.4) is 0 Å². The molecule has 2 aliphatic heterocycles. The number of hydrogen-bond acceptors (Lipinski definition) is 4. The number of nitrogens with zero attached hydrogens (tertiary/aromatic N) is 3. The van der Waals surface area contributed by atoms with Crippen molar-refractivity contribution in [1.82, 2.24) is 20.0 Å². The minimum Gasteiger partial charge on any atom is -0.339 e. The second-order valence-electron chi connectivity index (χ2n) is 5.85. The van der Waals surface area contributed by atoms with E-state index in [0.717, 1.165) is 39.3 Å². The molecule has 0 bridgehead atoms. The van der Waals surface area contributed by atoms with Gasteiger partial charge in [0.2, 0.25) is 5.91 Å². The molecule has 0 aromatic carbocycles. The number of rotatable bonds is 2. The Kier molecular flexibility index (Phi) is 4.59. The third-order valence-corrected chi connectivity index (χ3v) is 3.85. The van der Waals surface area contributed by atoms with E-state index in [2.05, 4.69) is 36.0 Å². The number of carbonyl (C=O) groups is 1. The lowest BCUT2D eigenvalue weighted by Gasteiger charge is -2.38. The Morgan fingerprint density at radius 2 is 1.67 bits per heavy atom. The summed E-state index contributed by atoms with van der Waals surface area (Å²) in [6.07, 6.45) is 0. The molecule has 1 N–H and O–H groups in total. The summed E-state index contributed by atoms with van der Waals surface area (Å²) in [6, 6.07) is 0.961. The number of piperazine rings is 2. The highest BCUT2D eigenvalue weighted by atomic mass is 16.2. The number of carbonyl (C=O) groups excluding carboxylic acids is 1. The van der Waals surface area contributed by atoms with Gasteiger partial charge in [0.1, 0.15) is 0 Å². The maximum absolute atomic E-state index is 12.2. The van der Waals surface area contributed by atoms with E-state index in [1.165, 1.54) is 0 Å². The molecule has 0 aliphatic carbocycles. The first-order valence-corrected chi connectivity index (χ1v) is 6.99. The van der Waals surface area contributed by atoms with Crippen molar-refractivity contribution in [3.05, 3.63) is 0 Å². The van der Waals surface area contributed by atoms with Crippen molar-refractivity contribution in [3.8, 4) is 0 Å². The second-order valence-corrected chi connectivity index (χ2v) is 5.85. The van der Waals surface area contributed by atoms with Crippen molar-refractivity contribution in [2.45, 2.75) is 25.9 Å². The van der Waals surface area contributed by atoms with Gasteiger partial charge in [-0.15, -0.1) is 0 Å². The van der Waals surface area contributed by atoms with Crippen LogP contribution in [0.15, 0.2) is 0 Å². The predicted octanol–water partition coefficient (Wildman–Crippen LogP) is -0.557. The van der Waals surface area contributed by atoms with Crippen LogP contribution in [-0.4, -0.2) is 85.6 Å². The van der Waals surface area contributed by atoms with Gasteiger partial charge in [-0.25, -0.2) is 0 Å². The summed E-state index contributed by atoms with van der Waals surface area (Å²) in [6.45, 7) is 10.7. The monoisotopic (exact) mass is 254 g/mol. The van der Waals surface area contributed by atoms with E-state index in [0.29, 0.717) is 24.5 Å². The van der Waals surface area contributed by atoms with E-state index in [-0.39, 0.29) is 0 Å². The van der Waals surface area contributed by atoms with Gasteiger partial charge in [-0.3, -0.25) is 9.69 Å². The van der Waals surface area contributed by atoms with Crippen LogP contribution in [0.1, 0.15) is 13.8 Å². The van der Waals surface area contributed by atoms with E-state index >= 15 is 0 Å². The van der Waals surface area contributed by atoms with Crippen LogP contribution in [0.2, 0.25) is 0 Å². The maximum atomic E-state index is 12.2. The molecule has 2 unspecified atom stereocenters. The normalized spacial score (nSPS) is 31.6. The number of nitrogens with one attached hydrogen (secondary N) is 1. The van der Waals surface area contributed by atoms with Crippen LogP contribution in [0.5, 0.6) is 0 Å². The fraction of sp³-hybridized carbons (Fsp3) is 0.923. The minimum absolute atomic E-state index is 0.296. The third-order valence-electron chi connectivity index (χ3n) is 3.85. The van der Waals surface area contributed by atoms with Crippen molar-refractivity contribution in [2.75, 3.05) is 52.9 Å². The van der Waals surface area contributed by atoms with Crippen LogP contribution in [0.4, 0.5) is 0 Å². The molecule has 0 radical (unpaired) electrons. The molecule has 2 rings (SSSR count). The zero-order valence-electron chi connectivity index (χ0n) is 11.9. The molecule has 0 spiro atoms. The number of likely N-dealkylation sites (N-methyl/N-ethyl adjacent to an activating group) is 1. The summed E-state index contributed by atoms with van der Waals surface area (Å²) >= 11 is 0. The lowest BCUT2D eigenvalue weighted by atomic mass is 10.1. The highest BCUT2D eigenvalue weighted by Crippen LogP contribution is 2.06. The SMILES string of the molecule is CC1CN(CC(=O)N2CCN(C)CC2)CC(C)N1. The van der Waals surface area contributed by atoms with Crippen LogP contribution < -0.4 is 5.32 Å². The van der Waals surface area contributed by atoms with Crippen molar-refractivity contribution in [1.29, 1.82) is 0 Å². The van der Waals surface area contributed by atoms with Gasteiger partial charge >= 0.3 is 0 Å². The largest absolute Gasteiger partial charge is 0.339 e. The summed E-state index contributed by atoms with van der Waals surface area (Å²) in [5.74, 6) is 0.296. The molecule has 1 amide bonds. The average molecular weight is 254 g/mol. The molecular formula is C13H26N4O. The zero-order chi connectivity index (χ0) is 13.1. The summed E-state index contributed by atoms with van der Waals surface area (Å²) in [5.41, 5.74) is 0. The van der Waals surface area contributed by atoms with Gasteiger partial charge < -0.3 is 15.1 Å². The molecule has 5 heteroatoms. The first kappa shape index (κ1) is 13.8. The molecule has 2 fully saturated rings. The lowest BCUT2D eigenvalue weighted by Crippen LogP contribution is -2.57. The molecule has 2 aliphatic rings. The van der Waals surface area contributed by atoms with Gasteiger partial charge in [0.25, 0.3) is 0 Å². The number of amides is 1. The van der Waals surface area contributed by atoms with Crippen molar-refractivity contribution < 1.29 is 4.79 Å². The zero-order valence-corrected chi connectivity index (χ0v) is 11.9. The van der Waals surface area contributed by atoms with Crippen molar-refractivity contribution >= 4 is 5.91 Å². The molecule has 0 saturated carbocycles. The van der Waals surface area contributed by atoms with Gasteiger partial charge in [-0.1, -0.05) is 0 Å². The summed E-state index contributed by atoms with van der Waals surface area (Å²) in [4.78, 5) is 18.8. The van der Waals surface area contributed by atoms with Crippen LogP contribution in [0.25, 0.3) is 0 Å². The summed E-state index contributed by atoms with van der Waals surface area (Å²) in [5, 5.41) is 3.49. The topological polar surface area (TPSA) is 38.8 Å². The first-order chi connectivity index (χ1) is 8.54. The van der Waals surface area contributed by atoms with Gasteiger partial charge in [0.15, 0.2) is 0 Å². The quantitative estimate of drug-likeness (QED) is 0.717. The van der Waals surface area contributed by atoms with E-state index in [1.54, 1.807) is 0 Å². The Morgan fingerprint density at radius 1 is 1.11 bits per heavy atom. The molecule has 0 aromatic rings. The van der Waals surface area contributed by atoms with E-state index in [1.807, 2.05) is 4.90 Å². The summed E-state index contributed by atoms with van der Waals surface area (Å²) in [7, 11) is 2.11. The van der Waals surface area contributed by atoms with Gasteiger partial charge in [0, 0.05) is 51.4 Å². The van der Waals surface area contributed by atoms with Crippen LogP contribution >= 0.6 is 0 Å². The highest BCUT2D eigenvalue weighted by molar-refractivity contribution is 5.78. The minimum atomic E-state index is 0.296. The Morgan fingerprint density at radius 3 is 2.22 bits per heavy atom. The molecule has 5 nitrogen and oxygen atoms in total. The second kappa shape index (κ2) is 5.99. The summed E-state index contributed by atoms with van der Waals surface area (Å²) < 4.78 is 0. The van der Waals surface area contributed by atoms with Gasteiger partial charge in [-0.05, 0) is 20.9 Å². The van der Waals surface area contributed by atoms with Crippen LogP contribution in [0, 0.1) is 0 Å². The fourth-order valence-electron chi connectivity index (χ4n) is 2.92. The molecule has 18 heavy (non-hydrogen) atoms. The average Bonchev–Trinajstić information content (AvgIpc) is 2.28. The van der Waals surface area contributed by atoms with Gasteiger partial charge in [-0.2, -0.15) is 0 Å². The van der Waals surface area contributed by atoms with Gasteiger partial charge in [0.05, 0.1) is 6.54 Å². The fourth-order valence-corrected chi connectivity index (χ4v) is 2.92.